The first-order valence-electron chi connectivity index (χ1n) is 10.7. The topological polar surface area (TPSA) is 59.8 Å². The highest BCUT2D eigenvalue weighted by atomic mass is 16.6. The van der Waals surface area contributed by atoms with Crippen LogP contribution in [0.4, 0.5) is 0 Å². The number of para-hydroxylation sites is 1. The number of amides is 1. The molecule has 0 radical (unpaired) electrons. The number of carbonyl (C=O) groups is 1. The van der Waals surface area contributed by atoms with Gasteiger partial charge in [-0.05, 0) is 36.8 Å². The van der Waals surface area contributed by atoms with Crippen molar-refractivity contribution in [3.05, 3.63) is 71.5 Å². The molecule has 3 heterocycles. The Hall–Kier alpha value is -3.32. The van der Waals surface area contributed by atoms with Crippen molar-refractivity contribution in [1.82, 2.24) is 19.6 Å². The van der Waals surface area contributed by atoms with E-state index < -0.39 is 0 Å². The number of hydrogen-bond donors (Lipinski definition) is 0. The fraction of sp³-hybridized carbons (Fsp3) is 0.333. The monoisotopic (exact) mass is 418 g/mol. The molecule has 1 saturated heterocycles. The third-order valence-corrected chi connectivity index (χ3v) is 5.91. The first-order chi connectivity index (χ1) is 15.2. The van der Waals surface area contributed by atoms with Gasteiger partial charge in [0, 0.05) is 32.7 Å². The van der Waals surface area contributed by atoms with Gasteiger partial charge in [0.25, 0.3) is 5.91 Å². The highest BCUT2D eigenvalue weighted by Gasteiger charge is 2.25. The van der Waals surface area contributed by atoms with Crippen molar-refractivity contribution in [2.75, 3.05) is 39.4 Å². The van der Waals surface area contributed by atoms with E-state index >= 15 is 0 Å². The number of piperazine rings is 1. The number of nitrogens with zero attached hydrogens (tertiary/aromatic N) is 4. The van der Waals surface area contributed by atoms with Gasteiger partial charge in [0.05, 0.1) is 23.1 Å². The van der Waals surface area contributed by atoms with Gasteiger partial charge in [0.2, 0.25) is 0 Å². The van der Waals surface area contributed by atoms with Crippen LogP contribution in [0.3, 0.4) is 0 Å². The summed E-state index contributed by atoms with van der Waals surface area (Å²) < 4.78 is 13.1. The van der Waals surface area contributed by atoms with Crippen molar-refractivity contribution in [2.24, 2.45) is 0 Å². The summed E-state index contributed by atoms with van der Waals surface area (Å²) in [6.45, 7) is 7.08. The minimum Gasteiger partial charge on any atom is -0.486 e. The van der Waals surface area contributed by atoms with Gasteiger partial charge in [-0.3, -0.25) is 9.69 Å². The zero-order chi connectivity index (χ0) is 21.2. The van der Waals surface area contributed by atoms with Crippen LogP contribution >= 0.6 is 0 Å². The number of ether oxygens (including phenoxy) is 2. The van der Waals surface area contributed by atoms with Crippen molar-refractivity contribution < 1.29 is 14.3 Å². The SMILES string of the molecule is Cc1c(C(=O)N2CCN(Cc3ccc4c(c3)OCCO4)CC2)cnn1-c1ccccc1. The van der Waals surface area contributed by atoms with Gasteiger partial charge in [0.1, 0.15) is 13.2 Å². The van der Waals surface area contributed by atoms with Crippen LogP contribution in [0.2, 0.25) is 0 Å². The minimum absolute atomic E-state index is 0.0543. The molecule has 5 rings (SSSR count). The minimum atomic E-state index is 0.0543. The number of hydrogen-bond acceptors (Lipinski definition) is 5. The number of carbonyl (C=O) groups excluding carboxylic acids is 1. The maximum atomic E-state index is 13.1. The highest BCUT2D eigenvalue weighted by Crippen LogP contribution is 2.31. The molecule has 7 nitrogen and oxygen atoms in total. The summed E-state index contributed by atoms with van der Waals surface area (Å²) in [4.78, 5) is 17.4. The van der Waals surface area contributed by atoms with Crippen molar-refractivity contribution in [1.29, 1.82) is 0 Å². The van der Waals surface area contributed by atoms with Gasteiger partial charge in [-0.1, -0.05) is 24.3 Å². The van der Waals surface area contributed by atoms with E-state index in [-0.39, 0.29) is 5.91 Å². The standard InChI is InChI=1S/C24H26N4O3/c1-18-21(16-25-28(18)20-5-3-2-4-6-20)24(29)27-11-9-26(10-12-27)17-19-7-8-22-23(15-19)31-14-13-30-22/h2-8,15-16H,9-14,17H2,1H3. The van der Waals surface area contributed by atoms with Gasteiger partial charge in [-0.2, -0.15) is 5.10 Å². The van der Waals surface area contributed by atoms with Crippen molar-refractivity contribution in [2.45, 2.75) is 13.5 Å². The predicted molar refractivity (Wildman–Crippen MR) is 117 cm³/mol. The number of rotatable bonds is 4. The van der Waals surface area contributed by atoms with E-state index in [2.05, 4.69) is 22.1 Å². The average molecular weight is 418 g/mol. The van der Waals surface area contributed by atoms with Gasteiger partial charge in [-0.15, -0.1) is 0 Å². The molecule has 2 aromatic carbocycles. The quantitative estimate of drug-likeness (QED) is 0.652. The predicted octanol–water partition coefficient (Wildman–Crippen LogP) is 2.91. The lowest BCUT2D eigenvalue weighted by Gasteiger charge is -2.34. The smallest absolute Gasteiger partial charge is 0.257 e. The normalized spacial score (nSPS) is 16.4. The van der Waals surface area contributed by atoms with Crippen molar-refractivity contribution in [3.8, 4) is 17.2 Å². The maximum absolute atomic E-state index is 13.1. The lowest BCUT2D eigenvalue weighted by atomic mass is 10.1. The third-order valence-electron chi connectivity index (χ3n) is 5.91. The van der Waals surface area contributed by atoms with Crippen molar-refractivity contribution >= 4 is 5.91 Å². The second-order valence-corrected chi connectivity index (χ2v) is 7.94. The highest BCUT2D eigenvalue weighted by molar-refractivity contribution is 5.95. The Balaban J connectivity index is 1.21. The summed E-state index contributed by atoms with van der Waals surface area (Å²) in [5.41, 5.74) is 3.70. The van der Waals surface area contributed by atoms with Gasteiger partial charge in [-0.25, -0.2) is 4.68 Å². The lowest BCUT2D eigenvalue weighted by Crippen LogP contribution is -2.48. The molecule has 2 aliphatic heterocycles. The summed E-state index contributed by atoms with van der Waals surface area (Å²) in [5.74, 6) is 1.69. The molecule has 1 amide bonds. The summed E-state index contributed by atoms with van der Waals surface area (Å²) >= 11 is 0. The molecule has 31 heavy (non-hydrogen) atoms. The van der Waals surface area contributed by atoms with Gasteiger partial charge >= 0.3 is 0 Å². The Bertz CT molecular complexity index is 1070. The van der Waals surface area contributed by atoms with E-state index in [1.165, 1.54) is 5.56 Å². The zero-order valence-corrected chi connectivity index (χ0v) is 17.7. The summed E-state index contributed by atoms with van der Waals surface area (Å²) in [7, 11) is 0. The average Bonchev–Trinajstić information content (AvgIpc) is 3.21. The molecule has 0 unspecified atom stereocenters. The first-order valence-corrected chi connectivity index (χ1v) is 10.7. The molecule has 1 aromatic heterocycles. The molecule has 0 saturated carbocycles. The molecule has 0 aliphatic carbocycles. The van der Waals surface area contributed by atoms with E-state index in [4.69, 9.17) is 9.47 Å². The van der Waals surface area contributed by atoms with Crippen LogP contribution in [0.1, 0.15) is 21.6 Å². The fourth-order valence-corrected chi connectivity index (χ4v) is 4.17. The van der Waals surface area contributed by atoms with Gasteiger partial charge < -0.3 is 14.4 Å². The molecule has 160 valence electrons. The summed E-state index contributed by atoms with van der Waals surface area (Å²) in [6, 6.07) is 16.0. The molecule has 0 bridgehead atoms. The Morgan fingerprint density at radius 3 is 2.48 bits per heavy atom. The Morgan fingerprint density at radius 2 is 1.71 bits per heavy atom. The van der Waals surface area contributed by atoms with Crippen LogP contribution in [-0.2, 0) is 6.54 Å². The zero-order valence-electron chi connectivity index (χ0n) is 17.7. The Labute approximate surface area is 181 Å². The molecule has 7 heteroatoms. The van der Waals surface area contributed by atoms with Crippen LogP contribution in [0.15, 0.2) is 54.7 Å². The first kappa shape index (κ1) is 19.6. The fourth-order valence-electron chi connectivity index (χ4n) is 4.17. The second-order valence-electron chi connectivity index (χ2n) is 7.94. The Kier molecular flexibility index (Phi) is 5.34. The molecular formula is C24H26N4O3. The van der Waals surface area contributed by atoms with Crippen molar-refractivity contribution in [3.63, 3.8) is 0 Å². The second kappa shape index (κ2) is 8.43. The molecule has 1 fully saturated rings. The number of aromatic nitrogens is 2. The number of benzene rings is 2. The van der Waals surface area contributed by atoms with Crippen LogP contribution in [0.25, 0.3) is 5.69 Å². The van der Waals surface area contributed by atoms with Crippen LogP contribution < -0.4 is 9.47 Å². The molecule has 3 aromatic rings. The largest absolute Gasteiger partial charge is 0.486 e. The molecular weight excluding hydrogens is 392 g/mol. The molecule has 2 aliphatic rings. The summed E-state index contributed by atoms with van der Waals surface area (Å²) in [5, 5.41) is 4.44. The van der Waals surface area contributed by atoms with Crippen LogP contribution in [-0.4, -0.2) is 64.9 Å². The van der Waals surface area contributed by atoms with E-state index in [1.54, 1.807) is 6.20 Å². The summed E-state index contributed by atoms with van der Waals surface area (Å²) in [6.07, 6.45) is 1.69. The van der Waals surface area contributed by atoms with E-state index in [1.807, 2.05) is 52.9 Å². The maximum Gasteiger partial charge on any atom is 0.257 e. The van der Waals surface area contributed by atoms with Crippen LogP contribution in [0, 0.1) is 6.92 Å². The molecule has 0 spiro atoms. The molecule has 0 N–H and O–H groups in total. The number of fused-ring (bicyclic) bond motifs is 1. The van der Waals surface area contributed by atoms with Crippen LogP contribution in [0.5, 0.6) is 11.5 Å². The lowest BCUT2D eigenvalue weighted by molar-refractivity contribution is 0.0627. The van der Waals surface area contributed by atoms with E-state index in [0.717, 1.165) is 42.5 Å². The third kappa shape index (κ3) is 4.01. The van der Waals surface area contributed by atoms with E-state index in [9.17, 15) is 4.79 Å². The molecule has 0 atom stereocenters. The van der Waals surface area contributed by atoms with E-state index in [0.29, 0.717) is 31.9 Å². The van der Waals surface area contributed by atoms with Gasteiger partial charge in [0.15, 0.2) is 11.5 Å². The Morgan fingerprint density at radius 1 is 0.968 bits per heavy atom.